The molecule has 0 bridgehead atoms. The highest BCUT2D eigenvalue weighted by Gasteiger charge is 2.50. The number of rotatable bonds is 2. The number of amides is 1. The zero-order valence-corrected chi connectivity index (χ0v) is 11.4. The van der Waals surface area contributed by atoms with E-state index in [1.54, 1.807) is 17.3 Å². The summed E-state index contributed by atoms with van der Waals surface area (Å²) in [5, 5.41) is 0. The van der Waals surface area contributed by atoms with Crippen LogP contribution in [-0.2, 0) is 10.3 Å². The fraction of sp³-hybridized carbons (Fsp3) is 0.571. The first-order chi connectivity index (χ1) is 8.35. The van der Waals surface area contributed by atoms with Gasteiger partial charge in [0.15, 0.2) is 0 Å². The Balaban J connectivity index is 2.14. The highest BCUT2D eigenvalue weighted by atomic mass is 16.6. The molecule has 0 saturated heterocycles. The van der Waals surface area contributed by atoms with Crippen molar-refractivity contribution in [1.29, 1.82) is 0 Å². The van der Waals surface area contributed by atoms with Gasteiger partial charge in [0.1, 0.15) is 5.60 Å². The molecule has 1 saturated carbocycles. The van der Waals surface area contributed by atoms with Crippen LogP contribution in [-0.4, -0.2) is 28.6 Å². The zero-order valence-electron chi connectivity index (χ0n) is 11.4. The van der Waals surface area contributed by atoms with E-state index in [1.165, 1.54) is 0 Å². The van der Waals surface area contributed by atoms with Crippen molar-refractivity contribution in [1.82, 2.24) is 9.88 Å². The van der Waals surface area contributed by atoms with Crippen LogP contribution in [0.1, 0.15) is 39.2 Å². The average molecular weight is 248 g/mol. The van der Waals surface area contributed by atoms with E-state index in [0.717, 1.165) is 18.4 Å². The number of aromatic nitrogens is 1. The molecule has 0 aliphatic heterocycles. The van der Waals surface area contributed by atoms with E-state index in [4.69, 9.17) is 4.74 Å². The number of carbonyl (C=O) groups excluding carboxylic acids is 1. The minimum Gasteiger partial charge on any atom is -0.444 e. The van der Waals surface area contributed by atoms with Crippen molar-refractivity contribution in [2.24, 2.45) is 0 Å². The highest BCUT2D eigenvalue weighted by Crippen LogP contribution is 2.50. The molecule has 98 valence electrons. The Morgan fingerprint density at radius 1 is 1.33 bits per heavy atom. The van der Waals surface area contributed by atoms with Gasteiger partial charge in [0.25, 0.3) is 0 Å². The molecule has 1 amide bonds. The van der Waals surface area contributed by atoms with E-state index in [2.05, 4.69) is 4.98 Å². The van der Waals surface area contributed by atoms with E-state index in [9.17, 15) is 4.79 Å². The van der Waals surface area contributed by atoms with E-state index >= 15 is 0 Å². The van der Waals surface area contributed by atoms with Gasteiger partial charge < -0.3 is 9.64 Å². The van der Waals surface area contributed by atoms with Crippen LogP contribution in [0.2, 0.25) is 0 Å². The number of carbonyl (C=O) groups is 1. The van der Waals surface area contributed by atoms with Crippen LogP contribution in [0.4, 0.5) is 4.79 Å². The molecule has 1 heterocycles. The van der Waals surface area contributed by atoms with E-state index < -0.39 is 5.60 Å². The first-order valence-corrected chi connectivity index (χ1v) is 6.22. The Morgan fingerprint density at radius 2 is 1.89 bits per heavy atom. The lowest BCUT2D eigenvalue weighted by Crippen LogP contribution is -2.40. The molecule has 0 spiro atoms. The first-order valence-electron chi connectivity index (χ1n) is 6.22. The molecule has 0 atom stereocenters. The number of ether oxygens (including phenoxy) is 1. The average Bonchev–Trinajstić information content (AvgIpc) is 3.08. The third-order valence-electron chi connectivity index (χ3n) is 3.25. The van der Waals surface area contributed by atoms with Gasteiger partial charge in [-0.1, -0.05) is 0 Å². The molecule has 2 rings (SSSR count). The highest BCUT2D eigenvalue weighted by molar-refractivity contribution is 5.70. The van der Waals surface area contributed by atoms with Crippen molar-refractivity contribution in [3.05, 3.63) is 30.1 Å². The SMILES string of the molecule is CN(C(=O)OC(C)(C)C)C1(c2ccncc2)CC1. The lowest BCUT2D eigenvalue weighted by atomic mass is 10.1. The summed E-state index contributed by atoms with van der Waals surface area (Å²) in [6.07, 6.45) is 5.22. The van der Waals surface area contributed by atoms with Crippen LogP contribution < -0.4 is 0 Å². The van der Waals surface area contributed by atoms with E-state index in [-0.39, 0.29) is 11.6 Å². The first kappa shape index (κ1) is 12.9. The van der Waals surface area contributed by atoms with Crippen molar-refractivity contribution >= 4 is 6.09 Å². The summed E-state index contributed by atoms with van der Waals surface area (Å²) in [7, 11) is 1.81. The van der Waals surface area contributed by atoms with Gasteiger partial charge in [-0.25, -0.2) is 4.79 Å². The van der Waals surface area contributed by atoms with Gasteiger partial charge in [-0.15, -0.1) is 0 Å². The standard InChI is InChI=1S/C14H20N2O2/c1-13(2,3)18-12(17)16(4)14(7-8-14)11-5-9-15-10-6-11/h5-6,9-10H,7-8H2,1-4H3. The van der Waals surface area contributed by atoms with Gasteiger partial charge in [0.05, 0.1) is 5.54 Å². The summed E-state index contributed by atoms with van der Waals surface area (Å²) in [6.45, 7) is 5.64. The molecule has 1 aliphatic rings. The number of hydrogen-bond acceptors (Lipinski definition) is 3. The van der Waals surface area contributed by atoms with Gasteiger partial charge in [0.2, 0.25) is 0 Å². The Hall–Kier alpha value is -1.58. The monoisotopic (exact) mass is 248 g/mol. The maximum absolute atomic E-state index is 12.1. The molecule has 0 aromatic carbocycles. The summed E-state index contributed by atoms with van der Waals surface area (Å²) >= 11 is 0. The van der Waals surface area contributed by atoms with Crippen LogP contribution in [0, 0.1) is 0 Å². The molecule has 4 nitrogen and oxygen atoms in total. The minimum absolute atomic E-state index is 0.189. The third-order valence-corrected chi connectivity index (χ3v) is 3.25. The Kier molecular flexibility index (Phi) is 3.05. The minimum atomic E-state index is -0.459. The number of pyridine rings is 1. The number of nitrogens with zero attached hydrogens (tertiary/aromatic N) is 2. The Bertz CT molecular complexity index is 433. The molecule has 0 N–H and O–H groups in total. The predicted molar refractivity (Wildman–Crippen MR) is 69.1 cm³/mol. The second kappa shape index (κ2) is 4.26. The van der Waals surface area contributed by atoms with Crippen molar-refractivity contribution < 1.29 is 9.53 Å². The summed E-state index contributed by atoms with van der Waals surface area (Å²) in [5.74, 6) is 0. The molecular weight excluding hydrogens is 228 g/mol. The lowest BCUT2D eigenvalue weighted by Gasteiger charge is -2.31. The maximum Gasteiger partial charge on any atom is 0.410 e. The molecule has 0 radical (unpaired) electrons. The lowest BCUT2D eigenvalue weighted by molar-refractivity contribution is 0.0189. The third kappa shape index (κ3) is 2.47. The van der Waals surface area contributed by atoms with Gasteiger partial charge in [0, 0.05) is 19.4 Å². The summed E-state index contributed by atoms with van der Waals surface area (Å²) < 4.78 is 5.42. The van der Waals surface area contributed by atoms with Crippen LogP contribution >= 0.6 is 0 Å². The Labute approximate surface area is 108 Å². The maximum atomic E-state index is 12.1. The predicted octanol–water partition coefficient (Wildman–Crippen LogP) is 2.94. The molecule has 18 heavy (non-hydrogen) atoms. The summed E-state index contributed by atoms with van der Waals surface area (Å²) in [6, 6.07) is 3.93. The molecule has 1 aliphatic carbocycles. The van der Waals surface area contributed by atoms with E-state index in [0.29, 0.717) is 0 Å². The van der Waals surface area contributed by atoms with Crippen molar-refractivity contribution in [2.45, 2.75) is 44.8 Å². The molecule has 1 aromatic heterocycles. The van der Waals surface area contributed by atoms with Gasteiger partial charge in [-0.05, 0) is 51.3 Å². The van der Waals surface area contributed by atoms with Gasteiger partial charge >= 0.3 is 6.09 Å². The van der Waals surface area contributed by atoms with Gasteiger partial charge in [-0.3, -0.25) is 4.98 Å². The zero-order chi connectivity index (χ0) is 13.4. The fourth-order valence-electron chi connectivity index (χ4n) is 2.10. The summed E-state index contributed by atoms with van der Waals surface area (Å²) in [5.41, 5.74) is 0.483. The molecule has 0 unspecified atom stereocenters. The summed E-state index contributed by atoms with van der Waals surface area (Å²) in [4.78, 5) is 17.8. The Morgan fingerprint density at radius 3 is 2.33 bits per heavy atom. The molecule has 1 fully saturated rings. The molecule has 1 aromatic rings. The van der Waals surface area contributed by atoms with Gasteiger partial charge in [-0.2, -0.15) is 0 Å². The van der Waals surface area contributed by atoms with Crippen LogP contribution in [0.25, 0.3) is 0 Å². The molecular formula is C14H20N2O2. The largest absolute Gasteiger partial charge is 0.444 e. The fourth-order valence-corrected chi connectivity index (χ4v) is 2.10. The van der Waals surface area contributed by atoms with E-state index in [1.807, 2.05) is 40.0 Å². The van der Waals surface area contributed by atoms with Crippen molar-refractivity contribution in [2.75, 3.05) is 7.05 Å². The van der Waals surface area contributed by atoms with Crippen LogP contribution in [0.5, 0.6) is 0 Å². The normalized spacial score (nSPS) is 17.1. The van der Waals surface area contributed by atoms with Crippen molar-refractivity contribution in [3.63, 3.8) is 0 Å². The molecule has 4 heteroatoms. The number of hydrogen-bond donors (Lipinski definition) is 0. The van der Waals surface area contributed by atoms with Crippen molar-refractivity contribution in [3.8, 4) is 0 Å². The smallest absolute Gasteiger partial charge is 0.410 e. The van der Waals surface area contributed by atoms with Crippen LogP contribution in [0.15, 0.2) is 24.5 Å². The second-order valence-corrected chi connectivity index (χ2v) is 5.81. The second-order valence-electron chi connectivity index (χ2n) is 5.81. The topological polar surface area (TPSA) is 42.4 Å². The van der Waals surface area contributed by atoms with Crippen LogP contribution in [0.3, 0.4) is 0 Å². The quantitative estimate of drug-likeness (QED) is 0.808.